The molecule has 34 heavy (non-hydrogen) atoms. The first kappa shape index (κ1) is 19.3. The summed E-state index contributed by atoms with van der Waals surface area (Å²) in [5, 5.41) is 11.4. The molecule has 0 radical (unpaired) electrons. The van der Waals surface area contributed by atoms with Crippen LogP contribution < -0.4 is 5.32 Å². The number of thiophene rings is 1. The van der Waals surface area contributed by atoms with Crippen LogP contribution >= 0.6 is 11.3 Å². The van der Waals surface area contributed by atoms with Crippen LogP contribution in [0.2, 0.25) is 0 Å². The molecule has 0 bridgehead atoms. The molecular weight excluding hydrogens is 430 g/mol. The van der Waals surface area contributed by atoms with Crippen molar-refractivity contribution in [3.63, 3.8) is 0 Å². The summed E-state index contributed by atoms with van der Waals surface area (Å²) in [7, 11) is 0. The summed E-state index contributed by atoms with van der Waals surface area (Å²) >= 11 is 1.88. The van der Waals surface area contributed by atoms with E-state index >= 15 is 0 Å². The Labute approximate surface area is 201 Å². The summed E-state index contributed by atoms with van der Waals surface area (Å²) in [4.78, 5) is 0. The number of nitrogens with one attached hydrogen (secondary N) is 1. The van der Waals surface area contributed by atoms with Crippen molar-refractivity contribution >= 4 is 64.4 Å². The standard InChI is InChI=1S/C32H21NS/c1-2-9-24-22(8-1)20-30(27-11-4-3-10-26(24)27)33-23-18-16-21(17-19-23)25-13-7-14-29-28-12-5-6-15-31(28)34-32(25)29/h1-20,33H. The third-order valence-corrected chi connectivity index (χ3v) is 7.87. The lowest BCUT2D eigenvalue weighted by atomic mass is 10.00. The van der Waals surface area contributed by atoms with Gasteiger partial charge in [-0.25, -0.2) is 0 Å². The van der Waals surface area contributed by atoms with Crippen molar-refractivity contribution in [3.05, 3.63) is 121 Å². The van der Waals surface area contributed by atoms with E-state index in [1.165, 1.54) is 52.8 Å². The minimum atomic E-state index is 1.09. The quantitative estimate of drug-likeness (QED) is 0.264. The normalized spacial score (nSPS) is 11.5. The van der Waals surface area contributed by atoms with Gasteiger partial charge in [0.1, 0.15) is 0 Å². The van der Waals surface area contributed by atoms with Crippen molar-refractivity contribution in [1.29, 1.82) is 0 Å². The first-order valence-corrected chi connectivity index (χ1v) is 12.3. The van der Waals surface area contributed by atoms with Gasteiger partial charge in [-0.1, -0.05) is 97.1 Å². The average molecular weight is 452 g/mol. The van der Waals surface area contributed by atoms with E-state index in [1.54, 1.807) is 0 Å². The van der Waals surface area contributed by atoms with Crippen molar-refractivity contribution in [2.24, 2.45) is 0 Å². The van der Waals surface area contributed by atoms with Gasteiger partial charge in [-0.2, -0.15) is 0 Å². The third-order valence-electron chi connectivity index (χ3n) is 6.65. The molecule has 0 aliphatic carbocycles. The van der Waals surface area contributed by atoms with E-state index in [4.69, 9.17) is 0 Å². The molecule has 0 atom stereocenters. The molecule has 7 rings (SSSR count). The van der Waals surface area contributed by atoms with E-state index in [2.05, 4.69) is 127 Å². The predicted octanol–water partition coefficient (Wildman–Crippen LogP) is 9.77. The first-order valence-electron chi connectivity index (χ1n) is 11.5. The molecule has 0 fully saturated rings. The van der Waals surface area contributed by atoms with Crippen LogP contribution in [-0.4, -0.2) is 0 Å². The van der Waals surface area contributed by atoms with Crippen LogP contribution in [0.4, 0.5) is 11.4 Å². The summed E-state index contributed by atoms with van der Waals surface area (Å²) in [5.41, 5.74) is 4.76. The van der Waals surface area contributed by atoms with Crippen LogP contribution in [0.25, 0.3) is 52.8 Å². The van der Waals surface area contributed by atoms with Crippen LogP contribution in [0.1, 0.15) is 0 Å². The van der Waals surface area contributed by atoms with Gasteiger partial charge in [0.05, 0.1) is 0 Å². The van der Waals surface area contributed by atoms with E-state index in [-0.39, 0.29) is 0 Å². The number of hydrogen-bond donors (Lipinski definition) is 1. The lowest BCUT2D eigenvalue weighted by molar-refractivity contribution is 1.58. The van der Waals surface area contributed by atoms with E-state index in [0.717, 1.165) is 11.4 Å². The lowest BCUT2D eigenvalue weighted by Gasteiger charge is -2.13. The Morgan fingerprint density at radius 1 is 0.500 bits per heavy atom. The predicted molar refractivity (Wildman–Crippen MR) is 150 cm³/mol. The molecule has 0 saturated carbocycles. The molecule has 1 aromatic heterocycles. The van der Waals surface area contributed by atoms with E-state index in [1.807, 2.05) is 11.3 Å². The maximum Gasteiger partial charge on any atom is 0.0470 e. The van der Waals surface area contributed by atoms with Gasteiger partial charge in [0.15, 0.2) is 0 Å². The van der Waals surface area contributed by atoms with Crippen molar-refractivity contribution in [2.75, 3.05) is 5.32 Å². The highest BCUT2D eigenvalue weighted by Crippen LogP contribution is 2.40. The fraction of sp³-hybridized carbons (Fsp3) is 0. The number of fused-ring (bicyclic) bond motifs is 6. The topological polar surface area (TPSA) is 12.0 Å². The van der Waals surface area contributed by atoms with Gasteiger partial charge in [0.2, 0.25) is 0 Å². The van der Waals surface area contributed by atoms with Crippen molar-refractivity contribution in [1.82, 2.24) is 0 Å². The molecule has 0 unspecified atom stereocenters. The highest BCUT2D eigenvalue weighted by atomic mass is 32.1. The Balaban J connectivity index is 1.30. The molecule has 160 valence electrons. The van der Waals surface area contributed by atoms with Gasteiger partial charge in [-0.15, -0.1) is 11.3 Å². The second kappa shape index (κ2) is 7.72. The van der Waals surface area contributed by atoms with Crippen LogP contribution in [0.3, 0.4) is 0 Å². The van der Waals surface area contributed by atoms with Crippen LogP contribution in [0, 0.1) is 0 Å². The van der Waals surface area contributed by atoms with Crippen LogP contribution in [0.15, 0.2) is 121 Å². The monoisotopic (exact) mass is 451 g/mol. The summed E-state index contributed by atoms with van der Waals surface area (Å²) < 4.78 is 2.69. The Morgan fingerprint density at radius 2 is 1.18 bits per heavy atom. The summed E-state index contributed by atoms with van der Waals surface area (Å²) in [6, 6.07) is 43.6. The zero-order valence-electron chi connectivity index (χ0n) is 18.5. The minimum absolute atomic E-state index is 1.09. The van der Waals surface area contributed by atoms with Crippen molar-refractivity contribution in [3.8, 4) is 11.1 Å². The molecule has 1 N–H and O–H groups in total. The van der Waals surface area contributed by atoms with Gasteiger partial charge in [-0.3, -0.25) is 0 Å². The fourth-order valence-corrected chi connectivity index (χ4v) is 6.26. The molecule has 1 nitrogen and oxygen atoms in total. The van der Waals surface area contributed by atoms with Crippen LogP contribution in [0.5, 0.6) is 0 Å². The zero-order valence-corrected chi connectivity index (χ0v) is 19.3. The van der Waals surface area contributed by atoms with Gasteiger partial charge >= 0.3 is 0 Å². The lowest BCUT2D eigenvalue weighted by Crippen LogP contribution is -1.92. The number of hydrogen-bond acceptors (Lipinski definition) is 2. The third kappa shape index (κ3) is 3.07. The molecule has 2 heteroatoms. The number of benzene rings is 6. The molecule has 0 aliphatic heterocycles. The Kier molecular flexibility index (Phi) is 4.39. The molecule has 6 aromatic carbocycles. The number of rotatable bonds is 3. The molecule has 0 amide bonds. The average Bonchev–Trinajstić information content (AvgIpc) is 3.28. The largest absolute Gasteiger partial charge is 0.355 e. The Hall–Kier alpha value is -4.14. The van der Waals surface area contributed by atoms with E-state index in [9.17, 15) is 0 Å². The van der Waals surface area contributed by atoms with Crippen LogP contribution in [-0.2, 0) is 0 Å². The van der Waals surface area contributed by atoms with Gasteiger partial charge in [-0.05, 0) is 51.6 Å². The minimum Gasteiger partial charge on any atom is -0.355 e. The first-order chi connectivity index (χ1) is 16.8. The van der Waals surface area contributed by atoms with E-state index in [0.29, 0.717) is 0 Å². The highest BCUT2D eigenvalue weighted by molar-refractivity contribution is 7.26. The van der Waals surface area contributed by atoms with E-state index < -0.39 is 0 Å². The Bertz CT molecular complexity index is 1830. The van der Waals surface area contributed by atoms with Crippen molar-refractivity contribution in [2.45, 2.75) is 0 Å². The van der Waals surface area contributed by atoms with Gasteiger partial charge in [0, 0.05) is 36.9 Å². The Morgan fingerprint density at radius 3 is 2.03 bits per heavy atom. The summed E-state index contributed by atoms with van der Waals surface area (Å²) in [5.74, 6) is 0. The van der Waals surface area contributed by atoms with Crippen molar-refractivity contribution < 1.29 is 0 Å². The summed E-state index contributed by atoms with van der Waals surface area (Å²) in [6.45, 7) is 0. The molecule has 0 spiro atoms. The molecular formula is C32H21NS. The van der Waals surface area contributed by atoms with Gasteiger partial charge in [0.25, 0.3) is 0 Å². The molecule has 0 aliphatic rings. The van der Waals surface area contributed by atoms with Gasteiger partial charge < -0.3 is 5.32 Å². The number of anilines is 2. The fourth-order valence-electron chi connectivity index (χ4n) is 5.02. The zero-order chi connectivity index (χ0) is 22.5. The maximum absolute atomic E-state index is 3.68. The second-order valence-electron chi connectivity index (χ2n) is 8.67. The second-order valence-corrected chi connectivity index (χ2v) is 9.73. The summed E-state index contributed by atoms with van der Waals surface area (Å²) in [6.07, 6.45) is 0. The molecule has 0 saturated heterocycles. The highest BCUT2D eigenvalue weighted by Gasteiger charge is 2.11. The molecule has 1 heterocycles. The smallest absolute Gasteiger partial charge is 0.0470 e. The molecule has 7 aromatic rings. The SMILES string of the molecule is c1ccc2c(c1)cc(Nc1ccc(-c3cccc4c3sc3ccccc34)cc1)c1ccccc12. The maximum atomic E-state index is 3.68.